The molecule has 2 aromatic carbocycles. The van der Waals surface area contributed by atoms with Crippen LogP contribution in [0.2, 0.25) is 0 Å². The summed E-state index contributed by atoms with van der Waals surface area (Å²) in [5.74, 6) is -0.159. The third-order valence-electron chi connectivity index (χ3n) is 4.68. The molecule has 0 bridgehead atoms. The second-order valence-electron chi connectivity index (χ2n) is 7.82. The van der Waals surface area contributed by atoms with Crippen LogP contribution in [0.5, 0.6) is 17.2 Å². The number of allylic oxidation sites excluding steroid dienone is 3. The summed E-state index contributed by atoms with van der Waals surface area (Å²) in [6.07, 6.45) is 6.39. The molecule has 0 fully saturated rings. The summed E-state index contributed by atoms with van der Waals surface area (Å²) in [7, 11) is -0.226. The first kappa shape index (κ1) is 26.2. The summed E-state index contributed by atoms with van der Waals surface area (Å²) in [6.45, 7) is 3.85. The number of ether oxygens (including phenoxy) is 3. The molecule has 0 aliphatic rings. The number of carbonyl (C=O) groups is 1. The molecule has 7 nitrogen and oxygen atoms in total. The summed E-state index contributed by atoms with van der Waals surface area (Å²) < 4.78 is 38.8. The lowest BCUT2D eigenvalue weighted by Gasteiger charge is -2.17. The van der Waals surface area contributed by atoms with E-state index in [1.807, 2.05) is 19.9 Å². The maximum absolute atomic E-state index is 13.0. The van der Waals surface area contributed by atoms with E-state index in [1.54, 1.807) is 36.4 Å². The van der Waals surface area contributed by atoms with Crippen LogP contribution in [0.1, 0.15) is 40.9 Å². The molecular weight excluding hydrogens is 444 g/mol. The Labute approximate surface area is 195 Å². The van der Waals surface area contributed by atoms with Crippen LogP contribution < -0.4 is 9.47 Å². The number of sulfone groups is 1. The summed E-state index contributed by atoms with van der Waals surface area (Å²) >= 11 is 0. The topological polar surface area (TPSA) is 99.1 Å². The van der Waals surface area contributed by atoms with Gasteiger partial charge in [-0.25, -0.2) is 8.42 Å². The van der Waals surface area contributed by atoms with E-state index in [0.717, 1.165) is 5.57 Å². The fraction of sp³-hybridized carbons (Fsp3) is 0.320. The molecule has 0 aromatic heterocycles. The van der Waals surface area contributed by atoms with Gasteiger partial charge in [-0.2, -0.15) is 0 Å². The second-order valence-corrected chi connectivity index (χ2v) is 9.97. The number of benzene rings is 2. The molecule has 0 heterocycles. The Bertz CT molecular complexity index is 1140. The molecule has 2 rings (SSSR count). The highest BCUT2D eigenvalue weighted by Gasteiger charge is 2.23. The minimum Gasteiger partial charge on any atom is -0.507 e. The maximum Gasteiger partial charge on any atom is 0.193 e. The van der Waals surface area contributed by atoms with E-state index in [2.05, 4.69) is 0 Å². The van der Waals surface area contributed by atoms with Gasteiger partial charge in [0.25, 0.3) is 0 Å². The number of ketones is 1. The molecule has 0 radical (unpaired) electrons. The Hall–Kier alpha value is -3.10. The van der Waals surface area contributed by atoms with Gasteiger partial charge < -0.3 is 19.3 Å². The van der Waals surface area contributed by atoms with Crippen LogP contribution in [0.3, 0.4) is 0 Å². The maximum atomic E-state index is 13.0. The second kappa shape index (κ2) is 11.7. The smallest absolute Gasteiger partial charge is 0.193 e. The molecule has 178 valence electrons. The van der Waals surface area contributed by atoms with E-state index < -0.39 is 15.6 Å². The number of hydrogen-bond acceptors (Lipinski definition) is 7. The Morgan fingerprint density at radius 3 is 2.30 bits per heavy atom. The quantitative estimate of drug-likeness (QED) is 0.224. The summed E-state index contributed by atoms with van der Waals surface area (Å²) in [4.78, 5) is 13.0. The predicted octanol–water partition coefficient (Wildman–Crippen LogP) is 4.33. The van der Waals surface area contributed by atoms with Gasteiger partial charge in [0.1, 0.15) is 22.8 Å². The van der Waals surface area contributed by atoms with E-state index in [1.165, 1.54) is 26.6 Å². The monoisotopic (exact) mass is 474 g/mol. The van der Waals surface area contributed by atoms with Crippen LogP contribution >= 0.6 is 0 Å². The zero-order chi connectivity index (χ0) is 24.6. The van der Waals surface area contributed by atoms with E-state index in [0.29, 0.717) is 28.9 Å². The molecular formula is C25H30O7S. The molecule has 33 heavy (non-hydrogen) atoms. The highest BCUT2D eigenvalue weighted by Crippen LogP contribution is 2.40. The molecule has 2 aromatic rings. The molecule has 1 N–H and O–H groups in total. The normalized spacial score (nSPS) is 11.4. The van der Waals surface area contributed by atoms with Crippen molar-refractivity contribution in [2.75, 3.05) is 27.3 Å². The number of carbonyl (C=O) groups excluding carboxylic acids is 1. The van der Waals surface area contributed by atoms with Crippen LogP contribution in [-0.4, -0.2) is 46.6 Å². The van der Waals surface area contributed by atoms with E-state index in [-0.39, 0.29) is 29.6 Å². The fourth-order valence-corrected chi connectivity index (χ4v) is 3.90. The van der Waals surface area contributed by atoms with Crippen molar-refractivity contribution in [1.82, 2.24) is 0 Å². The van der Waals surface area contributed by atoms with Gasteiger partial charge in [0.15, 0.2) is 22.4 Å². The summed E-state index contributed by atoms with van der Waals surface area (Å²) in [6, 6.07) is 8.41. The van der Waals surface area contributed by atoms with Crippen molar-refractivity contribution in [2.45, 2.75) is 26.0 Å². The van der Waals surface area contributed by atoms with Crippen molar-refractivity contribution in [3.63, 3.8) is 0 Å². The third-order valence-corrected chi connectivity index (χ3v) is 5.54. The lowest BCUT2D eigenvalue weighted by Crippen LogP contribution is -2.07. The minimum atomic E-state index is -3.12. The first-order valence-corrected chi connectivity index (χ1v) is 12.3. The number of phenolic OH excluding ortho intramolecular Hbond substituents is 1. The molecule has 0 atom stereocenters. The molecule has 0 aliphatic heterocycles. The fourth-order valence-electron chi connectivity index (χ4n) is 3.10. The Kier molecular flexibility index (Phi) is 9.25. The van der Waals surface area contributed by atoms with E-state index in [9.17, 15) is 18.3 Å². The number of methoxy groups -OCH3 is 2. The third kappa shape index (κ3) is 7.76. The van der Waals surface area contributed by atoms with Crippen LogP contribution in [-0.2, 0) is 26.7 Å². The van der Waals surface area contributed by atoms with E-state index >= 15 is 0 Å². The van der Waals surface area contributed by atoms with Gasteiger partial charge in [-0.15, -0.1) is 0 Å². The van der Waals surface area contributed by atoms with Gasteiger partial charge in [-0.05, 0) is 37.5 Å². The standard InChI is InChI=1S/C25H30O7S/c1-17(2)6-12-20-22(32-16-30-3)14-23(31-4)24(25(20)27)21(26)13-11-18-7-9-19(10-8-18)15-33(5,28)29/h6-11,13-14,27H,12,15-16H2,1-5H3/b13-11+. The average Bonchev–Trinajstić information content (AvgIpc) is 2.74. The summed E-state index contributed by atoms with van der Waals surface area (Å²) in [5, 5.41) is 11.0. The Morgan fingerprint density at radius 2 is 1.76 bits per heavy atom. The zero-order valence-corrected chi connectivity index (χ0v) is 20.4. The number of rotatable bonds is 11. The average molecular weight is 475 g/mol. The van der Waals surface area contributed by atoms with Crippen LogP contribution in [0, 0.1) is 0 Å². The lowest BCUT2D eigenvalue weighted by atomic mass is 9.99. The SMILES string of the molecule is COCOc1cc(OC)c(C(=O)/C=C/c2ccc(CS(C)(=O)=O)cc2)c(O)c1CC=C(C)C. The van der Waals surface area contributed by atoms with Crippen molar-refractivity contribution in [3.8, 4) is 17.2 Å². The lowest BCUT2D eigenvalue weighted by molar-refractivity contribution is 0.0502. The number of aromatic hydroxyl groups is 1. The Morgan fingerprint density at radius 1 is 1.09 bits per heavy atom. The van der Waals surface area contributed by atoms with Crippen molar-refractivity contribution in [1.29, 1.82) is 0 Å². The van der Waals surface area contributed by atoms with Crippen molar-refractivity contribution >= 4 is 21.7 Å². The Balaban J connectivity index is 2.39. The van der Waals surface area contributed by atoms with Gasteiger partial charge in [0.2, 0.25) is 0 Å². The summed E-state index contributed by atoms with van der Waals surface area (Å²) in [5.41, 5.74) is 2.91. The highest BCUT2D eigenvalue weighted by molar-refractivity contribution is 7.89. The van der Waals surface area contributed by atoms with Crippen LogP contribution in [0.4, 0.5) is 0 Å². The molecule has 0 unspecified atom stereocenters. The first-order chi connectivity index (χ1) is 15.6. The molecule has 0 saturated carbocycles. The molecule has 0 spiro atoms. The van der Waals surface area contributed by atoms with Crippen LogP contribution in [0.15, 0.2) is 48.1 Å². The van der Waals surface area contributed by atoms with Gasteiger partial charge in [-0.1, -0.05) is 42.0 Å². The minimum absolute atomic E-state index is 0.0209. The van der Waals surface area contributed by atoms with Gasteiger partial charge in [-0.3, -0.25) is 4.79 Å². The largest absolute Gasteiger partial charge is 0.507 e. The van der Waals surface area contributed by atoms with E-state index in [4.69, 9.17) is 14.2 Å². The van der Waals surface area contributed by atoms with Gasteiger partial charge >= 0.3 is 0 Å². The predicted molar refractivity (Wildman–Crippen MR) is 129 cm³/mol. The van der Waals surface area contributed by atoms with Gasteiger partial charge in [0, 0.05) is 25.0 Å². The highest BCUT2D eigenvalue weighted by atomic mass is 32.2. The first-order valence-electron chi connectivity index (χ1n) is 10.2. The zero-order valence-electron chi connectivity index (χ0n) is 19.5. The van der Waals surface area contributed by atoms with Crippen LogP contribution in [0.25, 0.3) is 6.08 Å². The number of hydrogen-bond donors (Lipinski definition) is 1. The van der Waals surface area contributed by atoms with Crippen molar-refractivity contribution in [2.24, 2.45) is 0 Å². The molecule has 0 aliphatic carbocycles. The molecule has 0 saturated heterocycles. The molecule has 0 amide bonds. The van der Waals surface area contributed by atoms with Crippen molar-refractivity contribution in [3.05, 3.63) is 70.3 Å². The van der Waals surface area contributed by atoms with Crippen molar-refractivity contribution < 1.29 is 32.5 Å². The number of phenols is 1. The molecule has 8 heteroatoms. The van der Waals surface area contributed by atoms with Gasteiger partial charge in [0.05, 0.1) is 12.9 Å².